The fourth-order valence-electron chi connectivity index (χ4n) is 9.93. The van der Waals surface area contributed by atoms with Gasteiger partial charge in [-0.25, -0.2) is 19.6 Å². The minimum absolute atomic E-state index is 0.0688. The van der Waals surface area contributed by atoms with Gasteiger partial charge in [-0.2, -0.15) is 13.2 Å². The Morgan fingerprint density at radius 2 is 1.47 bits per heavy atom. The zero-order chi connectivity index (χ0) is 53.1. The summed E-state index contributed by atoms with van der Waals surface area (Å²) in [5.74, 6) is -0.943. The number of pyridine rings is 1. The number of carbonyl (C=O) groups is 6. The molecule has 0 radical (unpaired) electrons. The lowest BCUT2D eigenvalue weighted by Crippen LogP contribution is -2.64. The first kappa shape index (κ1) is 53.9. The van der Waals surface area contributed by atoms with Gasteiger partial charge in [0.1, 0.15) is 29.3 Å². The van der Waals surface area contributed by atoms with E-state index in [1.807, 2.05) is 39.5 Å². The maximum absolute atomic E-state index is 14.7. The fourth-order valence-corrected chi connectivity index (χ4v) is 10.1. The van der Waals surface area contributed by atoms with Crippen LogP contribution in [0.4, 0.5) is 34.3 Å². The third-order valence-electron chi connectivity index (χ3n) is 14.0. The Morgan fingerprint density at radius 3 is 2.05 bits per heavy atom. The molecule has 2 aromatic carbocycles. The Balaban J connectivity index is 0.995. The Morgan fingerprint density at radius 1 is 0.822 bits per heavy atom. The van der Waals surface area contributed by atoms with Crippen molar-refractivity contribution >= 4 is 58.9 Å². The lowest BCUT2D eigenvalue weighted by Gasteiger charge is -2.45. The molecule has 0 aliphatic carbocycles. The number of rotatable bonds is 13. The van der Waals surface area contributed by atoms with E-state index in [4.69, 9.17) is 21.1 Å². The number of carbonyl (C=O) groups excluding carboxylic acids is 6. The summed E-state index contributed by atoms with van der Waals surface area (Å²) < 4.78 is 53.7. The number of ether oxygens (including phenoxy) is 2. The maximum Gasteiger partial charge on any atom is 0.417 e. The van der Waals surface area contributed by atoms with Crippen molar-refractivity contribution in [2.24, 2.45) is 11.8 Å². The summed E-state index contributed by atoms with van der Waals surface area (Å²) in [7, 11) is 2.45. The number of piperazine rings is 1. The lowest BCUT2D eigenvalue weighted by molar-refractivity contribution is -0.152. The average Bonchev–Trinajstić information content (AvgIpc) is 4.15. The second-order valence-electron chi connectivity index (χ2n) is 19.6. The van der Waals surface area contributed by atoms with Gasteiger partial charge in [0.25, 0.3) is 5.91 Å². The van der Waals surface area contributed by atoms with Gasteiger partial charge in [0.05, 0.1) is 54.0 Å². The zero-order valence-electron chi connectivity index (χ0n) is 42.1. The fraction of sp³-hybridized carbons (Fsp3) is 0.490. The van der Waals surface area contributed by atoms with Crippen LogP contribution in [0.2, 0.25) is 5.02 Å². The number of imidazole rings is 1. The number of likely N-dealkylation sites (tertiary alicyclic amines) is 2. The van der Waals surface area contributed by atoms with Crippen LogP contribution in [-0.2, 0) is 30.0 Å². The molecule has 392 valence electrons. The molecule has 3 aliphatic rings. The third-order valence-corrected chi connectivity index (χ3v) is 14.3. The van der Waals surface area contributed by atoms with E-state index >= 15 is 0 Å². The second kappa shape index (κ2) is 22.1. The van der Waals surface area contributed by atoms with Crippen molar-refractivity contribution in [2.75, 3.05) is 57.2 Å². The number of aromatic nitrogens is 3. The van der Waals surface area contributed by atoms with E-state index < -0.39 is 47.5 Å². The molecule has 3 aliphatic heterocycles. The number of halogens is 4. The summed E-state index contributed by atoms with van der Waals surface area (Å²) >= 11 is 6.59. The minimum Gasteiger partial charge on any atom is -0.453 e. The monoisotopic (exact) mass is 1030 g/mol. The van der Waals surface area contributed by atoms with E-state index in [2.05, 4.69) is 30.9 Å². The number of nitrogens with zero attached hydrogens (tertiary/aromatic N) is 6. The van der Waals surface area contributed by atoms with Gasteiger partial charge in [-0.3, -0.25) is 19.2 Å². The number of methoxy groups -OCH3 is 2. The van der Waals surface area contributed by atoms with Crippen LogP contribution < -0.4 is 20.9 Å². The lowest BCUT2D eigenvalue weighted by atomic mass is 9.93. The molecule has 0 spiro atoms. The summed E-state index contributed by atoms with van der Waals surface area (Å²) in [4.78, 5) is 98.4. The molecule has 2 aromatic heterocycles. The third kappa shape index (κ3) is 11.5. The molecule has 0 bridgehead atoms. The number of aromatic amines is 1. The van der Waals surface area contributed by atoms with Crippen LogP contribution in [0.1, 0.15) is 95.0 Å². The summed E-state index contributed by atoms with van der Waals surface area (Å²) in [6.45, 7) is 12.8. The van der Waals surface area contributed by atoms with Gasteiger partial charge in [0.15, 0.2) is 0 Å². The Kier molecular flexibility index (Phi) is 16.3. The predicted octanol–water partition coefficient (Wildman–Crippen LogP) is 7.91. The van der Waals surface area contributed by atoms with E-state index in [-0.39, 0.29) is 69.0 Å². The highest BCUT2D eigenvalue weighted by atomic mass is 35.5. The summed E-state index contributed by atoms with van der Waals surface area (Å²) in [5, 5.41) is 7.63. The highest BCUT2D eigenvalue weighted by Gasteiger charge is 2.50. The molecule has 4 N–H and O–H groups in total. The first-order valence-electron chi connectivity index (χ1n) is 24.3. The summed E-state index contributed by atoms with van der Waals surface area (Å²) in [6.07, 6.45) is -0.913. The van der Waals surface area contributed by atoms with Gasteiger partial charge >= 0.3 is 18.4 Å². The molecule has 0 unspecified atom stereocenters. The van der Waals surface area contributed by atoms with E-state index in [0.29, 0.717) is 74.9 Å². The molecular formula is C51H62ClF3N10O8. The molecule has 3 saturated heterocycles. The quantitative estimate of drug-likeness (QED) is 0.101. The zero-order valence-corrected chi connectivity index (χ0v) is 42.8. The first-order valence-corrected chi connectivity index (χ1v) is 24.6. The largest absolute Gasteiger partial charge is 0.453 e. The van der Waals surface area contributed by atoms with E-state index in [1.165, 1.54) is 38.6 Å². The average molecular weight is 1040 g/mol. The Hall–Kier alpha value is -6.90. The summed E-state index contributed by atoms with van der Waals surface area (Å²) in [5.41, 5.74) is -1.09. The topological polar surface area (TPSA) is 211 Å². The van der Waals surface area contributed by atoms with Crippen molar-refractivity contribution < 1.29 is 51.4 Å². The van der Waals surface area contributed by atoms with Crippen LogP contribution in [0.25, 0.3) is 22.4 Å². The first-order chi connectivity index (χ1) is 34.6. The van der Waals surface area contributed by atoms with Gasteiger partial charge in [-0.1, -0.05) is 63.6 Å². The van der Waals surface area contributed by atoms with Crippen molar-refractivity contribution in [2.45, 2.75) is 103 Å². The van der Waals surface area contributed by atoms with E-state index in [0.717, 1.165) is 18.6 Å². The van der Waals surface area contributed by atoms with Crippen molar-refractivity contribution in [1.82, 2.24) is 40.3 Å². The molecule has 5 atom stereocenters. The second-order valence-corrected chi connectivity index (χ2v) is 20.0. The number of alkyl halides is 3. The maximum atomic E-state index is 14.7. The van der Waals surface area contributed by atoms with Gasteiger partial charge in [0.2, 0.25) is 17.7 Å². The molecule has 18 nitrogen and oxygen atoms in total. The Bertz CT molecular complexity index is 2700. The molecule has 5 heterocycles. The van der Waals surface area contributed by atoms with Crippen molar-refractivity contribution in [1.29, 1.82) is 0 Å². The van der Waals surface area contributed by atoms with E-state index in [1.54, 1.807) is 46.0 Å². The van der Waals surface area contributed by atoms with Crippen molar-refractivity contribution in [3.63, 3.8) is 0 Å². The van der Waals surface area contributed by atoms with Gasteiger partial charge in [0, 0.05) is 45.0 Å². The van der Waals surface area contributed by atoms with Crippen LogP contribution in [0.15, 0.2) is 60.9 Å². The molecule has 73 heavy (non-hydrogen) atoms. The van der Waals surface area contributed by atoms with Crippen LogP contribution >= 0.6 is 11.6 Å². The van der Waals surface area contributed by atoms with Crippen LogP contribution in [-0.4, -0.2) is 136 Å². The highest BCUT2D eigenvalue weighted by Crippen LogP contribution is 2.43. The SMILES string of the molecule is COC(=O)N[C@H](C(=O)N1CCC[C@H]1c1ncc(-c2ccc(-c3cc(Cl)c(NC(=O)c4ccc(N5CCN(C(=O)[C@]6(C)CCCN6C(=O)[C@@H](NC(=O)OC)C(C)C)C[C@H]5C)nc4)cc3C(F)(F)F)cc2)[nH]1)C(C)C. The summed E-state index contributed by atoms with van der Waals surface area (Å²) in [6, 6.07) is 9.17. The Labute approximate surface area is 426 Å². The number of hydrogen-bond acceptors (Lipinski definition) is 11. The normalized spacial score (nSPS) is 20.0. The number of alkyl carbamates (subject to hydrolysis) is 2. The number of H-pyrrole nitrogens is 1. The number of benzene rings is 2. The molecule has 7 rings (SSSR count). The van der Waals surface area contributed by atoms with Crippen molar-refractivity contribution in [3.05, 3.63) is 82.9 Å². The predicted molar refractivity (Wildman–Crippen MR) is 266 cm³/mol. The number of anilines is 2. The van der Waals surface area contributed by atoms with Crippen LogP contribution in [0.5, 0.6) is 0 Å². The van der Waals surface area contributed by atoms with Crippen LogP contribution in [0, 0.1) is 11.8 Å². The molecule has 6 amide bonds. The molecule has 0 saturated carbocycles. The number of nitrogens with one attached hydrogen (secondary N) is 4. The molecule has 4 aromatic rings. The van der Waals surface area contributed by atoms with Crippen LogP contribution in [0.3, 0.4) is 0 Å². The van der Waals surface area contributed by atoms with Gasteiger partial charge in [-0.05, 0) is 92.3 Å². The van der Waals surface area contributed by atoms with Crippen molar-refractivity contribution in [3.8, 4) is 22.4 Å². The minimum atomic E-state index is -4.83. The highest BCUT2D eigenvalue weighted by molar-refractivity contribution is 6.34. The molecular weight excluding hydrogens is 973 g/mol. The van der Waals surface area contributed by atoms with Gasteiger partial charge < -0.3 is 50.0 Å². The molecule has 3 fully saturated rings. The standard InChI is InChI=1S/C51H62ClF3N10O8/c1-28(2)41(60-48(70)72-7)45(67)64-19-9-11-39(64)43-57-26-38(58-43)32-14-12-31(13-15-32)34-23-36(52)37(24-35(34)51(53,54)55)59-44(66)33-16-17-40(56-25-33)63-22-21-62(27-30(63)5)47(69)50(6)18-10-20-65(50)46(68)42(29(3)4)61-49(71)73-8/h12-17,23-26,28-30,39,41-42H,9-11,18-22,27H2,1-8H3,(H,57,58)(H,59,66)(H,60,70)(H,61,71)/t30-,39+,41+,42+,50+/m1/s1. The number of amides is 6. The van der Waals surface area contributed by atoms with E-state index in [9.17, 15) is 41.9 Å². The van der Waals surface area contributed by atoms with Gasteiger partial charge in [-0.15, -0.1) is 0 Å². The smallest absolute Gasteiger partial charge is 0.417 e. The number of hydrogen-bond donors (Lipinski definition) is 4. The molecule has 22 heteroatoms.